The van der Waals surface area contributed by atoms with Gasteiger partial charge in [0.25, 0.3) is 5.91 Å². The van der Waals surface area contributed by atoms with Crippen LogP contribution in [0, 0.1) is 5.82 Å². The highest BCUT2D eigenvalue weighted by atomic mass is 19.1. The number of hydrogen-bond acceptors (Lipinski definition) is 4. The molecule has 1 aromatic rings. The van der Waals surface area contributed by atoms with Crippen molar-refractivity contribution in [1.29, 1.82) is 0 Å². The van der Waals surface area contributed by atoms with E-state index >= 15 is 0 Å². The summed E-state index contributed by atoms with van der Waals surface area (Å²) >= 11 is 0. The average molecular weight is 280 g/mol. The zero-order chi connectivity index (χ0) is 14.7. The lowest BCUT2D eigenvalue weighted by Gasteiger charge is -2.20. The SMILES string of the molecule is CN(Cc1ccccc1F)C(=O)C1CC(C(=O)O)=NO1. The quantitative estimate of drug-likeness (QED) is 0.892. The molecule has 1 atom stereocenters. The minimum atomic E-state index is -1.21. The number of aliphatic carboxylic acids is 1. The number of nitrogens with zero attached hydrogens (tertiary/aromatic N) is 2. The van der Waals surface area contributed by atoms with Crippen LogP contribution in [0.25, 0.3) is 0 Å². The molecule has 1 aromatic carbocycles. The first-order valence-corrected chi connectivity index (χ1v) is 5.93. The fourth-order valence-electron chi connectivity index (χ4n) is 1.84. The highest BCUT2D eigenvalue weighted by Gasteiger charge is 2.33. The molecule has 6 nitrogen and oxygen atoms in total. The van der Waals surface area contributed by atoms with Crippen LogP contribution in [0.1, 0.15) is 12.0 Å². The summed E-state index contributed by atoms with van der Waals surface area (Å²) in [5.74, 6) is -2.05. The molecule has 1 aliphatic heterocycles. The lowest BCUT2D eigenvalue weighted by atomic mass is 10.1. The summed E-state index contributed by atoms with van der Waals surface area (Å²) < 4.78 is 13.5. The molecule has 0 saturated heterocycles. The van der Waals surface area contributed by atoms with E-state index < -0.39 is 23.8 Å². The Kier molecular flexibility index (Phi) is 3.97. The third kappa shape index (κ3) is 2.93. The average Bonchev–Trinajstić information content (AvgIpc) is 2.90. The number of carbonyl (C=O) groups is 2. The lowest BCUT2D eigenvalue weighted by Crippen LogP contribution is -2.36. The summed E-state index contributed by atoms with van der Waals surface area (Å²) in [6, 6.07) is 6.13. The van der Waals surface area contributed by atoms with Crippen molar-refractivity contribution < 1.29 is 23.9 Å². The van der Waals surface area contributed by atoms with Gasteiger partial charge in [-0.2, -0.15) is 0 Å². The maximum atomic E-state index is 13.5. The van der Waals surface area contributed by atoms with Gasteiger partial charge in [-0.15, -0.1) is 0 Å². The fourth-order valence-corrected chi connectivity index (χ4v) is 1.84. The molecule has 0 saturated carbocycles. The van der Waals surface area contributed by atoms with E-state index in [4.69, 9.17) is 9.94 Å². The number of carboxylic acids is 1. The Balaban J connectivity index is 1.97. The van der Waals surface area contributed by atoms with E-state index in [0.717, 1.165) is 0 Å². The van der Waals surface area contributed by atoms with Gasteiger partial charge in [0.15, 0.2) is 5.71 Å². The third-order valence-electron chi connectivity index (χ3n) is 2.93. The van der Waals surface area contributed by atoms with Crippen LogP contribution in [-0.2, 0) is 21.0 Å². The predicted molar refractivity (Wildman–Crippen MR) is 67.4 cm³/mol. The van der Waals surface area contributed by atoms with E-state index in [1.807, 2.05) is 0 Å². The first-order chi connectivity index (χ1) is 9.49. The largest absolute Gasteiger partial charge is 0.477 e. The minimum Gasteiger partial charge on any atom is -0.477 e. The van der Waals surface area contributed by atoms with Crippen molar-refractivity contribution in [3.05, 3.63) is 35.6 Å². The molecule has 106 valence electrons. The van der Waals surface area contributed by atoms with Gasteiger partial charge in [-0.3, -0.25) is 4.79 Å². The molecule has 2 rings (SSSR count). The van der Waals surface area contributed by atoms with E-state index in [2.05, 4.69) is 5.16 Å². The van der Waals surface area contributed by atoms with E-state index in [-0.39, 0.29) is 18.7 Å². The number of oxime groups is 1. The number of hydrogen-bond donors (Lipinski definition) is 1. The Labute approximate surface area is 114 Å². The van der Waals surface area contributed by atoms with Crippen LogP contribution >= 0.6 is 0 Å². The molecule has 1 unspecified atom stereocenters. The van der Waals surface area contributed by atoms with Gasteiger partial charge >= 0.3 is 5.97 Å². The number of amides is 1. The van der Waals surface area contributed by atoms with Crippen LogP contribution < -0.4 is 0 Å². The van der Waals surface area contributed by atoms with Gasteiger partial charge in [-0.1, -0.05) is 23.4 Å². The second kappa shape index (κ2) is 5.68. The van der Waals surface area contributed by atoms with Crippen molar-refractivity contribution in [3.63, 3.8) is 0 Å². The lowest BCUT2D eigenvalue weighted by molar-refractivity contribution is -0.141. The molecular weight excluding hydrogens is 267 g/mol. The van der Waals surface area contributed by atoms with Crippen LogP contribution in [0.15, 0.2) is 29.4 Å². The molecule has 0 bridgehead atoms. The number of halogens is 1. The van der Waals surface area contributed by atoms with E-state index in [1.165, 1.54) is 18.0 Å². The maximum Gasteiger partial charge on any atom is 0.353 e. The third-order valence-corrected chi connectivity index (χ3v) is 2.93. The van der Waals surface area contributed by atoms with Crippen LogP contribution in [0.4, 0.5) is 4.39 Å². The monoisotopic (exact) mass is 280 g/mol. The summed E-state index contributed by atoms with van der Waals surface area (Å²) in [4.78, 5) is 28.8. The van der Waals surface area contributed by atoms with Crippen molar-refractivity contribution >= 4 is 17.6 Å². The summed E-state index contributed by atoms with van der Waals surface area (Å²) in [5, 5.41) is 12.1. The first kappa shape index (κ1) is 14.0. The summed E-state index contributed by atoms with van der Waals surface area (Å²) in [6.45, 7) is 0.0772. The molecule has 0 aromatic heterocycles. The zero-order valence-corrected chi connectivity index (χ0v) is 10.7. The Morgan fingerprint density at radius 2 is 2.20 bits per heavy atom. The molecule has 7 heteroatoms. The van der Waals surface area contributed by atoms with Crippen LogP contribution in [-0.4, -0.2) is 40.7 Å². The predicted octanol–water partition coefficient (Wildman–Crippen LogP) is 1.01. The van der Waals surface area contributed by atoms with Crippen LogP contribution in [0.5, 0.6) is 0 Å². The highest BCUT2D eigenvalue weighted by Crippen LogP contribution is 2.15. The number of benzene rings is 1. The smallest absolute Gasteiger partial charge is 0.353 e. The molecule has 0 aliphatic carbocycles. The molecule has 1 amide bonds. The first-order valence-electron chi connectivity index (χ1n) is 5.93. The minimum absolute atomic E-state index is 0.0772. The van der Waals surface area contributed by atoms with Crippen LogP contribution in [0.3, 0.4) is 0 Å². The molecule has 1 aliphatic rings. The summed E-state index contributed by atoms with van der Waals surface area (Å²) in [5.41, 5.74) is 0.184. The van der Waals surface area contributed by atoms with Crippen molar-refractivity contribution in [2.45, 2.75) is 19.1 Å². The molecule has 0 spiro atoms. The van der Waals surface area contributed by atoms with Crippen molar-refractivity contribution in [2.24, 2.45) is 5.16 Å². The molecule has 1 N–H and O–H groups in total. The molecule has 1 heterocycles. The maximum absolute atomic E-state index is 13.5. The highest BCUT2D eigenvalue weighted by molar-refractivity contribution is 6.36. The van der Waals surface area contributed by atoms with E-state index in [0.29, 0.717) is 5.56 Å². The molecular formula is C13H13FN2O4. The summed E-state index contributed by atoms with van der Waals surface area (Å²) in [7, 11) is 1.50. The van der Waals surface area contributed by atoms with Crippen molar-refractivity contribution in [3.8, 4) is 0 Å². The Morgan fingerprint density at radius 1 is 1.50 bits per heavy atom. The standard InChI is InChI=1S/C13H13FN2O4/c1-16(7-8-4-2-3-5-9(8)14)12(17)11-6-10(13(18)19)15-20-11/h2-5,11H,6-7H2,1H3,(H,18,19). The fraction of sp³-hybridized carbons (Fsp3) is 0.308. The molecule has 0 fully saturated rings. The number of likely N-dealkylation sites (N-methyl/N-ethyl adjacent to an activating group) is 1. The normalized spacial score (nSPS) is 17.3. The number of carboxylic acid groups (broad SMARTS) is 1. The van der Waals surface area contributed by atoms with E-state index in [1.54, 1.807) is 18.2 Å². The van der Waals surface area contributed by atoms with Gasteiger partial charge in [0.2, 0.25) is 6.10 Å². The van der Waals surface area contributed by atoms with Gasteiger partial charge in [-0.05, 0) is 6.07 Å². The second-order valence-electron chi connectivity index (χ2n) is 4.43. The number of rotatable bonds is 4. The second-order valence-corrected chi connectivity index (χ2v) is 4.43. The van der Waals surface area contributed by atoms with Gasteiger partial charge in [0.05, 0.1) is 0 Å². The van der Waals surface area contributed by atoms with Gasteiger partial charge in [0, 0.05) is 25.6 Å². The Bertz CT molecular complexity index is 573. The van der Waals surface area contributed by atoms with Gasteiger partial charge in [-0.25, -0.2) is 9.18 Å². The topological polar surface area (TPSA) is 79.2 Å². The van der Waals surface area contributed by atoms with Crippen molar-refractivity contribution in [2.75, 3.05) is 7.05 Å². The Morgan fingerprint density at radius 3 is 2.80 bits per heavy atom. The summed E-state index contributed by atoms with van der Waals surface area (Å²) in [6.07, 6.45) is -1.05. The number of carbonyl (C=O) groups excluding carboxylic acids is 1. The molecule has 20 heavy (non-hydrogen) atoms. The van der Waals surface area contributed by atoms with Gasteiger partial charge < -0.3 is 14.8 Å². The Hall–Kier alpha value is -2.44. The van der Waals surface area contributed by atoms with Gasteiger partial charge in [0.1, 0.15) is 5.82 Å². The molecule has 0 radical (unpaired) electrons. The van der Waals surface area contributed by atoms with E-state index in [9.17, 15) is 14.0 Å². The zero-order valence-electron chi connectivity index (χ0n) is 10.7. The van der Waals surface area contributed by atoms with Crippen LogP contribution in [0.2, 0.25) is 0 Å². The van der Waals surface area contributed by atoms with Crippen molar-refractivity contribution in [1.82, 2.24) is 4.90 Å².